The number of rotatable bonds is 0. The molecule has 0 saturated carbocycles. The molecule has 2 heterocycles. The summed E-state index contributed by atoms with van der Waals surface area (Å²) < 4.78 is 2.03. The molecule has 13 heavy (non-hydrogen) atoms. The average molecular weight is 193 g/mol. The van der Waals surface area contributed by atoms with Crippen LogP contribution >= 0.6 is 11.3 Å². The number of nitrogens with zero attached hydrogens (tertiary/aromatic N) is 3. The Morgan fingerprint density at radius 1 is 1.54 bits per heavy atom. The van der Waals surface area contributed by atoms with Gasteiger partial charge in [0.15, 0.2) is 0 Å². The maximum absolute atomic E-state index is 4.61. The molecule has 0 aliphatic heterocycles. The van der Waals surface area contributed by atoms with Crippen molar-refractivity contribution in [2.75, 3.05) is 0 Å². The summed E-state index contributed by atoms with van der Waals surface area (Å²) in [5, 5.41) is 5.55. The quantitative estimate of drug-likeness (QED) is 0.641. The van der Waals surface area contributed by atoms with E-state index < -0.39 is 0 Å². The summed E-state index contributed by atoms with van der Waals surface area (Å²) in [7, 11) is 0. The minimum atomic E-state index is 0.629. The number of hydrogen-bond acceptors (Lipinski definition) is 3. The van der Waals surface area contributed by atoms with E-state index in [9.17, 15) is 0 Å². The summed E-state index contributed by atoms with van der Waals surface area (Å²) in [4.78, 5) is 5.68. The molecule has 0 fully saturated rings. The van der Waals surface area contributed by atoms with Crippen LogP contribution in [0, 0.1) is 6.92 Å². The van der Waals surface area contributed by atoms with E-state index in [0.29, 0.717) is 5.92 Å². The molecule has 0 saturated heterocycles. The lowest BCUT2D eigenvalue weighted by atomic mass is 10.1. The van der Waals surface area contributed by atoms with Gasteiger partial charge in [-0.05, 0) is 19.8 Å². The Morgan fingerprint density at radius 2 is 2.38 bits per heavy atom. The molecule has 0 N–H and O–H groups in total. The van der Waals surface area contributed by atoms with Crippen molar-refractivity contribution in [2.24, 2.45) is 0 Å². The van der Waals surface area contributed by atoms with E-state index in [2.05, 4.69) is 17.0 Å². The Kier molecular flexibility index (Phi) is 1.34. The van der Waals surface area contributed by atoms with Crippen molar-refractivity contribution < 1.29 is 0 Å². The fraction of sp³-hybridized carbons (Fsp3) is 0.556. The SMILES string of the molecule is Cc1nn2c3c(nc2s1)C(C)CC3. The van der Waals surface area contributed by atoms with E-state index in [1.165, 1.54) is 17.8 Å². The number of hydrogen-bond donors (Lipinski definition) is 0. The van der Waals surface area contributed by atoms with Crippen LogP contribution in [0.4, 0.5) is 0 Å². The molecular formula is C9H11N3S. The van der Waals surface area contributed by atoms with E-state index in [1.807, 2.05) is 11.4 Å². The van der Waals surface area contributed by atoms with E-state index in [-0.39, 0.29) is 0 Å². The monoisotopic (exact) mass is 193 g/mol. The summed E-state index contributed by atoms with van der Waals surface area (Å²) in [6, 6.07) is 0. The van der Waals surface area contributed by atoms with E-state index in [1.54, 1.807) is 11.3 Å². The van der Waals surface area contributed by atoms with Crippen molar-refractivity contribution >= 4 is 16.3 Å². The molecule has 1 atom stereocenters. The second kappa shape index (κ2) is 2.32. The molecule has 0 bridgehead atoms. The van der Waals surface area contributed by atoms with Gasteiger partial charge in [0.25, 0.3) is 0 Å². The first kappa shape index (κ1) is 7.50. The lowest BCUT2D eigenvalue weighted by Gasteiger charge is -1.94. The average Bonchev–Trinajstić information content (AvgIpc) is 2.65. The lowest BCUT2D eigenvalue weighted by Crippen LogP contribution is -1.90. The van der Waals surface area contributed by atoms with Crippen molar-refractivity contribution in [2.45, 2.75) is 32.6 Å². The number of aromatic nitrogens is 3. The Labute approximate surface area is 80.4 Å². The fourth-order valence-corrected chi connectivity index (χ4v) is 2.79. The smallest absolute Gasteiger partial charge is 0.212 e. The molecule has 2 aromatic heterocycles. The summed E-state index contributed by atoms with van der Waals surface area (Å²) in [6.45, 7) is 4.28. The van der Waals surface area contributed by atoms with Gasteiger partial charge in [0.05, 0.1) is 11.4 Å². The predicted octanol–water partition coefficient (Wildman–Crippen LogP) is 2.15. The molecule has 68 valence electrons. The third-order valence-electron chi connectivity index (χ3n) is 2.71. The van der Waals surface area contributed by atoms with Crippen LogP contribution < -0.4 is 0 Å². The molecule has 0 radical (unpaired) electrons. The topological polar surface area (TPSA) is 30.2 Å². The van der Waals surface area contributed by atoms with E-state index >= 15 is 0 Å². The van der Waals surface area contributed by atoms with Gasteiger partial charge in [0.2, 0.25) is 4.96 Å². The summed E-state index contributed by atoms with van der Waals surface area (Å²) >= 11 is 1.68. The molecule has 3 nitrogen and oxygen atoms in total. The lowest BCUT2D eigenvalue weighted by molar-refractivity contribution is 0.722. The highest BCUT2D eigenvalue weighted by Crippen LogP contribution is 2.33. The molecule has 0 spiro atoms. The van der Waals surface area contributed by atoms with Crippen molar-refractivity contribution in [3.05, 3.63) is 16.4 Å². The fourth-order valence-electron chi connectivity index (χ4n) is 2.02. The molecule has 4 heteroatoms. The zero-order valence-electron chi connectivity index (χ0n) is 7.74. The van der Waals surface area contributed by atoms with E-state index in [4.69, 9.17) is 0 Å². The number of fused-ring (bicyclic) bond motifs is 3. The first-order chi connectivity index (χ1) is 6.25. The normalized spacial score (nSPS) is 21.2. The van der Waals surface area contributed by atoms with E-state index in [0.717, 1.165) is 16.4 Å². The number of imidazole rings is 1. The maximum Gasteiger partial charge on any atom is 0.212 e. The standard InChI is InChI=1S/C9H11N3S/c1-5-3-4-7-8(5)10-9-12(7)11-6(2)13-9/h5H,3-4H2,1-2H3. The van der Waals surface area contributed by atoms with Crippen molar-refractivity contribution in [1.82, 2.24) is 14.6 Å². The summed E-state index contributed by atoms with van der Waals surface area (Å²) in [5.41, 5.74) is 2.62. The van der Waals surface area contributed by atoms with Crippen LogP contribution in [0.1, 0.15) is 35.7 Å². The van der Waals surface area contributed by atoms with Crippen LogP contribution in [-0.4, -0.2) is 14.6 Å². The van der Waals surface area contributed by atoms with Gasteiger partial charge in [-0.1, -0.05) is 18.3 Å². The van der Waals surface area contributed by atoms with Gasteiger partial charge in [-0.25, -0.2) is 9.50 Å². The molecule has 3 rings (SSSR count). The van der Waals surface area contributed by atoms with Crippen molar-refractivity contribution in [1.29, 1.82) is 0 Å². The van der Waals surface area contributed by atoms with Gasteiger partial charge in [-0.2, -0.15) is 5.10 Å². The van der Waals surface area contributed by atoms with Crippen LogP contribution in [0.5, 0.6) is 0 Å². The third kappa shape index (κ3) is 0.892. The highest BCUT2D eigenvalue weighted by Gasteiger charge is 2.25. The number of aryl methyl sites for hydroxylation is 2. The summed E-state index contributed by atoms with van der Waals surface area (Å²) in [5.74, 6) is 0.629. The van der Waals surface area contributed by atoms with Crippen LogP contribution in [0.3, 0.4) is 0 Å². The van der Waals surface area contributed by atoms with Crippen molar-refractivity contribution in [3.63, 3.8) is 0 Å². The Morgan fingerprint density at radius 3 is 3.23 bits per heavy atom. The van der Waals surface area contributed by atoms with Gasteiger partial charge >= 0.3 is 0 Å². The zero-order valence-corrected chi connectivity index (χ0v) is 8.56. The van der Waals surface area contributed by atoms with Gasteiger partial charge < -0.3 is 0 Å². The van der Waals surface area contributed by atoms with Crippen molar-refractivity contribution in [3.8, 4) is 0 Å². The Hall–Kier alpha value is -0.900. The second-order valence-electron chi connectivity index (χ2n) is 3.70. The highest BCUT2D eigenvalue weighted by atomic mass is 32.1. The molecular weight excluding hydrogens is 182 g/mol. The summed E-state index contributed by atoms with van der Waals surface area (Å²) in [6.07, 6.45) is 2.37. The first-order valence-corrected chi connectivity index (χ1v) is 5.42. The highest BCUT2D eigenvalue weighted by molar-refractivity contribution is 7.16. The van der Waals surface area contributed by atoms with Gasteiger partial charge in [-0.3, -0.25) is 0 Å². The molecule has 1 unspecified atom stereocenters. The molecule has 1 aliphatic carbocycles. The third-order valence-corrected chi connectivity index (χ3v) is 3.53. The minimum Gasteiger partial charge on any atom is -0.222 e. The largest absolute Gasteiger partial charge is 0.222 e. The van der Waals surface area contributed by atoms with Crippen LogP contribution in [-0.2, 0) is 6.42 Å². The maximum atomic E-state index is 4.61. The minimum absolute atomic E-state index is 0.629. The Balaban J connectivity index is 2.34. The molecule has 0 aromatic carbocycles. The van der Waals surface area contributed by atoms with Crippen LogP contribution in [0.15, 0.2) is 0 Å². The molecule has 0 amide bonds. The first-order valence-electron chi connectivity index (χ1n) is 4.60. The Bertz CT molecular complexity index is 468. The van der Waals surface area contributed by atoms with Gasteiger partial charge in [0.1, 0.15) is 5.01 Å². The molecule has 1 aliphatic rings. The second-order valence-corrected chi connectivity index (χ2v) is 4.86. The van der Waals surface area contributed by atoms with Crippen LogP contribution in [0.25, 0.3) is 4.96 Å². The van der Waals surface area contributed by atoms with Gasteiger partial charge in [0, 0.05) is 5.92 Å². The van der Waals surface area contributed by atoms with Gasteiger partial charge in [-0.15, -0.1) is 0 Å². The van der Waals surface area contributed by atoms with Crippen LogP contribution in [0.2, 0.25) is 0 Å². The predicted molar refractivity (Wildman–Crippen MR) is 52.3 cm³/mol. The zero-order chi connectivity index (χ0) is 9.00. The molecule has 2 aromatic rings.